The van der Waals surface area contributed by atoms with Gasteiger partial charge < -0.3 is 5.32 Å². The van der Waals surface area contributed by atoms with Crippen molar-refractivity contribution in [3.63, 3.8) is 0 Å². The lowest BCUT2D eigenvalue weighted by Crippen LogP contribution is -2.13. The highest BCUT2D eigenvalue weighted by Gasteiger charge is 1.88. The van der Waals surface area contributed by atoms with Gasteiger partial charge in [0.05, 0.1) is 0 Å². The van der Waals surface area contributed by atoms with Crippen LogP contribution in [0, 0.1) is 0 Å². The van der Waals surface area contributed by atoms with Crippen LogP contribution in [-0.2, 0) is 0 Å². The van der Waals surface area contributed by atoms with Gasteiger partial charge in [-0.3, -0.25) is 4.99 Å². The fourth-order valence-electron chi connectivity index (χ4n) is 0.891. The minimum Gasteiger partial charge on any atom is -0.389 e. The molecule has 0 saturated heterocycles. The Bertz CT molecular complexity index is 169. The molecule has 0 atom stereocenters. The van der Waals surface area contributed by atoms with Gasteiger partial charge in [-0.1, -0.05) is 13.3 Å². The van der Waals surface area contributed by atoms with Crippen molar-refractivity contribution in [2.45, 2.75) is 33.6 Å². The van der Waals surface area contributed by atoms with Crippen molar-refractivity contribution in [1.82, 2.24) is 5.32 Å². The minimum atomic E-state index is 1.07. The Morgan fingerprint density at radius 1 is 1.42 bits per heavy atom. The van der Waals surface area contributed by atoms with E-state index in [2.05, 4.69) is 30.2 Å². The van der Waals surface area contributed by atoms with E-state index in [0.29, 0.717) is 0 Å². The predicted molar refractivity (Wildman–Crippen MR) is 55.7 cm³/mol. The standard InChI is InChI=1S/C10H20N2/c1-5-6-7-12-10(3)8-9(2)11-4/h8,12H,5-7H2,1-4H3/b10-8-,11-9?. The lowest BCUT2D eigenvalue weighted by atomic mass is 10.3. The molecule has 0 rings (SSSR count). The van der Waals surface area contributed by atoms with Crippen LogP contribution in [0.25, 0.3) is 0 Å². The van der Waals surface area contributed by atoms with Gasteiger partial charge in [0.25, 0.3) is 0 Å². The van der Waals surface area contributed by atoms with Crippen molar-refractivity contribution in [2.75, 3.05) is 13.6 Å². The molecule has 0 unspecified atom stereocenters. The summed E-state index contributed by atoms with van der Waals surface area (Å²) in [5, 5.41) is 3.33. The predicted octanol–water partition coefficient (Wildman–Crippen LogP) is 2.37. The number of rotatable bonds is 5. The van der Waals surface area contributed by atoms with Gasteiger partial charge in [0.15, 0.2) is 0 Å². The van der Waals surface area contributed by atoms with Gasteiger partial charge in [0.2, 0.25) is 0 Å². The summed E-state index contributed by atoms with van der Waals surface area (Å²) in [4.78, 5) is 4.06. The quantitative estimate of drug-likeness (QED) is 0.494. The zero-order valence-electron chi connectivity index (χ0n) is 8.65. The number of unbranched alkanes of at least 4 members (excludes halogenated alkanes) is 1. The maximum absolute atomic E-state index is 4.06. The second-order valence-electron chi connectivity index (χ2n) is 2.97. The smallest absolute Gasteiger partial charge is 0.0330 e. The fourth-order valence-corrected chi connectivity index (χ4v) is 0.891. The molecule has 0 bridgehead atoms. The molecule has 0 aliphatic rings. The highest BCUT2D eigenvalue weighted by Crippen LogP contribution is 1.90. The summed E-state index contributed by atoms with van der Waals surface area (Å²) in [6, 6.07) is 0. The number of hydrogen-bond donors (Lipinski definition) is 1. The summed E-state index contributed by atoms with van der Waals surface area (Å²) in [7, 11) is 1.81. The normalized spacial score (nSPS) is 13.3. The van der Waals surface area contributed by atoms with Gasteiger partial charge in [-0.05, 0) is 26.3 Å². The van der Waals surface area contributed by atoms with Crippen molar-refractivity contribution < 1.29 is 0 Å². The number of allylic oxidation sites excluding steroid dienone is 2. The summed E-state index contributed by atoms with van der Waals surface area (Å²) < 4.78 is 0. The molecular weight excluding hydrogens is 148 g/mol. The zero-order chi connectivity index (χ0) is 9.40. The lowest BCUT2D eigenvalue weighted by molar-refractivity contribution is 0.711. The molecule has 0 aromatic heterocycles. The molecule has 2 nitrogen and oxygen atoms in total. The number of nitrogens with zero attached hydrogens (tertiary/aromatic N) is 1. The van der Waals surface area contributed by atoms with Crippen LogP contribution in [0.5, 0.6) is 0 Å². The second kappa shape index (κ2) is 6.89. The third kappa shape index (κ3) is 5.96. The highest BCUT2D eigenvalue weighted by molar-refractivity contribution is 5.93. The monoisotopic (exact) mass is 168 g/mol. The van der Waals surface area contributed by atoms with Crippen LogP contribution in [0.4, 0.5) is 0 Å². The second-order valence-corrected chi connectivity index (χ2v) is 2.97. The third-order valence-corrected chi connectivity index (χ3v) is 1.71. The van der Waals surface area contributed by atoms with E-state index in [1.807, 2.05) is 14.0 Å². The van der Waals surface area contributed by atoms with E-state index in [9.17, 15) is 0 Å². The maximum atomic E-state index is 4.06. The van der Waals surface area contributed by atoms with Crippen LogP contribution in [0.3, 0.4) is 0 Å². The molecular formula is C10H20N2. The van der Waals surface area contributed by atoms with Crippen molar-refractivity contribution in [3.8, 4) is 0 Å². The topological polar surface area (TPSA) is 24.4 Å². The van der Waals surface area contributed by atoms with Crippen molar-refractivity contribution >= 4 is 5.71 Å². The van der Waals surface area contributed by atoms with E-state index >= 15 is 0 Å². The lowest BCUT2D eigenvalue weighted by Gasteiger charge is -2.04. The largest absolute Gasteiger partial charge is 0.389 e. The van der Waals surface area contributed by atoms with Gasteiger partial charge in [-0.15, -0.1) is 0 Å². The maximum Gasteiger partial charge on any atom is 0.0330 e. The summed E-state index contributed by atoms with van der Waals surface area (Å²) in [6.45, 7) is 7.34. The van der Waals surface area contributed by atoms with Crippen LogP contribution >= 0.6 is 0 Å². The van der Waals surface area contributed by atoms with Crippen LogP contribution in [0.15, 0.2) is 16.8 Å². The molecule has 0 heterocycles. The molecule has 70 valence electrons. The van der Waals surface area contributed by atoms with E-state index in [-0.39, 0.29) is 0 Å². The summed E-state index contributed by atoms with van der Waals surface area (Å²) in [5.41, 5.74) is 2.27. The number of nitrogens with one attached hydrogen (secondary N) is 1. The average Bonchev–Trinajstić information content (AvgIpc) is 2.05. The Morgan fingerprint density at radius 2 is 2.08 bits per heavy atom. The van der Waals surface area contributed by atoms with Crippen molar-refractivity contribution in [3.05, 3.63) is 11.8 Å². The van der Waals surface area contributed by atoms with E-state index in [1.165, 1.54) is 18.5 Å². The Labute approximate surface area is 75.8 Å². The molecule has 12 heavy (non-hydrogen) atoms. The van der Waals surface area contributed by atoms with E-state index in [4.69, 9.17) is 0 Å². The minimum absolute atomic E-state index is 1.07. The Hall–Kier alpha value is -0.790. The van der Waals surface area contributed by atoms with E-state index in [1.54, 1.807) is 0 Å². The van der Waals surface area contributed by atoms with Crippen LogP contribution in [0.1, 0.15) is 33.6 Å². The third-order valence-electron chi connectivity index (χ3n) is 1.71. The van der Waals surface area contributed by atoms with Crippen LogP contribution in [0.2, 0.25) is 0 Å². The van der Waals surface area contributed by atoms with Crippen LogP contribution in [-0.4, -0.2) is 19.3 Å². The highest BCUT2D eigenvalue weighted by atomic mass is 14.9. The average molecular weight is 168 g/mol. The Balaban J connectivity index is 3.70. The molecule has 0 spiro atoms. The zero-order valence-corrected chi connectivity index (χ0v) is 8.65. The molecule has 0 radical (unpaired) electrons. The molecule has 0 fully saturated rings. The van der Waals surface area contributed by atoms with E-state index in [0.717, 1.165) is 12.3 Å². The van der Waals surface area contributed by atoms with Gasteiger partial charge in [-0.25, -0.2) is 0 Å². The fraction of sp³-hybridized carbons (Fsp3) is 0.700. The van der Waals surface area contributed by atoms with Crippen molar-refractivity contribution in [1.29, 1.82) is 0 Å². The molecule has 0 aromatic rings. The van der Waals surface area contributed by atoms with Gasteiger partial charge in [-0.2, -0.15) is 0 Å². The molecule has 0 aromatic carbocycles. The molecule has 1 N–H and O–H groups in total. The molecule has 2 heteroatoms. The summed E-state index contributed by atoms with van der Waals surface area (Å²) >= 11 is 0. The first kappa shape index (κ1) is 11.2. The van der Waals surface area contributed by atoms with Gasteiger partial charge in [0.1, 0.15) is 0 Å². The molecule has 0 aliphatic heterocycles. The number of hydrogen-bond acceptors (Lipinski definition) is 2. The molecule has 0 aliphatic carbocycles. The Kier molecular flexibility index (Phi) is 6.44. The first-order chi connectivity index (χ1) is 5.70. The van der Waals surface area contributed by atoms with Gasteiger partial charge in [0, 0.05) is 25.0 Å². The molecule has 0 saturated carbocycles. The summed E-state index contributed by atoms with van der Waals surface area (Å²) in [6.07, 6.45) is 4.53. The number of aliphatic imine (C=N–C) groups is 1. The first-order valence-electron chi connectivity index (χ1n) is 4.56. The first-order valence-corrected chi connectivity index (χ1v) is 4.56. The van der Waals surface area contributed by atoms with Crippen LogP contribution < -0.4 is 5.32 Å². The molecule has 0 amide bonds. The van der Waals surface area contributed by atoms with Crippen molar-refractivity contribution in [2.24, 2.45) is 4.99 Å². The Morgan fingerprint density at radius 3 is 2.58 bits per heavy atom. The SMILES string of the molecule is CCCCN/C(C)=C\C(C)=NC. The summed E-state index contributed by atoms with van der Waals surface area (Å²) in [5.74, 6) is 0. The van der Waals surface area contributed by atoms with Gasteiger partial charge >= 0.3 is 0 Å². The van der Waals surface area contributed by atoms with E-state index < -0.39 is 0 Å².